The minimum Gasteiger partial charge on any atom is -0.593 e. The molecule has 1 atom stereocenters. The molecule has 36 heavy (non-hydrogen) atoms. The normalized spacial score (nSPS) is 18.8. The van der Waals surface area contributed by atoms with E-state index in [0.29, 0.717) is 55.6 Å². The van der Waals surface area contributed by atoms with Crippen molar-refractivity contribution in [1.29, 1.82) is 0 Å². The Hall–Kier alpha value is -2.82. The number of para-hydroxylation sites is 1. The molecule has 1 saturated heterocycles. The first-order valence-corrected chi connectivity index (χ1v) is 13.3. The highest BCUT2D eigenvalue weighted by atomic mass is 32.2. The Balaban J connectivity index is 1.41. The second kappa shape index (κ2) is 9.91. The number of aryl methyl sites for hydroxylation is 1. The summed E-state index contributed by atoms with van der Waals surface area (Å²) in [6, 6.07) is 15.7. The van der Waals surface area contributed by atoms with Gasteiger partial charge in [0.1, 0.15) is 0 Å². The molecule has 4 N–H and O–H groups in total. The Labute approximate surface area is 215 Å². The van der Waals surface area contributed by atoms with Gasteiger partial charge in [-0.15, -0.1) is 4.31 Å². The van der Waals surface area contributed by atoms with Gasteiger partial charge in [0.15, 0.2) is 11.4 Å². The van der Waals surface area contributed by atoms with Crippen LogP contribution in [0.1, 0.15) is 35.0 Å². The van der Waals surface area contributed by atoms with Gasteiger partial charge in [-0.3, -0.25) is 4.98 Å². The van der Waals surface area contributed by atoms with Crippen LogP contribution >= 0.6 is 0 Å². The Bertz CT molecular complexity index is 1270. The standard InChI is InChI=1S/C27H33N5O3S/c1-4-32(29)23-12-10-20(19(3)26(23)28)13-21-11-9-18(2)22(30-21)14-31-15-27(16-34-17-27)35-24-7-5-6-8-25(24)36(31)33/h5-12H,4,13-17,28-29H2,1-3H3. The highest BCUT2D eigenvalue weighted by molar-refractivity contribution is 7.89. The first-order valence-electron chi connectivity index (χ1n) is 12.2. The molecule has 8 nitrogen and oxygen atoms in total. The number of fused-ring (bicyclic) bond motifs is 1. The third-order valence-corrected chi connectivity index (χ3v) is 8.45. The third-order valence-electron chi connectivity index (χ3n) is 7.00. The first-order chi connectivity index (χ1) is 17.3. The lowest BCUT2D eigenvalue weighted by Gasteiger charge is -2.41. The van der Waals surface area contributed by atoms with Crippen LogP contribution in [-0.2, 0) is 29.1 Å². The lowest BCUT2D eigenvalue weighted by molar-refractivity contribution is -0.165. The summed E-state index contributed by atoms with van der Waals surface area (Å²) in [6.45, 7) is 8.64. The summed E-state index contributed by atoms with van der Waals surface area (Å²) < 4.78 is 27.4. The Morgan fingerprint density at radius 3 is 2.64 bits per heavy atom. The van der Waals surface area contributed by atoms with E-state index in [9.17, 15) is 4.55 Å². The zero-order chi connectivity index (χ0) is 25.4. The summed E-state index contributed by atoms with van der Waals surface area (Å²) in [5.41, 5.74) is 12.4. The van der Waals surface area contributed by atoms with Crippen LogP contribution in [0, 0.1) is 13.8 Å². The largest absolute Gasteiger partial charge is 0.593 e. The van der Waals surface area contributed by atoms with Gasteiger partial charge in [0.05, 0.1) is 54.7 Å². The van der Waals surface area contributed by atoms with Crippen LogP contribution in [0.5, 0.6) is 5.75 Å². The molecule has 1 unspecified atom stereocenters. The van der Waals surface area contributed by atoms with Crippen molar-refractivity contribution in [2.75, 3.05) is 37.0 Å². The number of hydrogen-bond donors (Lipinski definition) is 2. The van der Waals surface area contributed by atoms with E-state index in [1.54, 1.807) is 5.01 Å². The molecular formula is C27H33N5O3S. The fraction of sp³-hybridized carbons (Fsp3) is 0.370. The summed E-state index contributed by atoms with van der Waals surface area (Å²) in [5.74, 6) is 6.73. The molecule has 0 amide bonds. The van der Waals surface area contributed by atoms with Gasteiger partial charge < -0.3 is 24.8 Å². The van der Waals surface area contributed by atoms with Crippen molar-refractivity contribution in [2.45, 2.75) is 44.2 Å². The number of hydrogen-bond acceptors (Lipinski definition) is 8. The van der Waals surface area contributed by atoms with E-state index >= 15 is 0 Å². The molecule has 9 heteroatoms. The molecule has 190 valence electrons. The molecule has 0 radical (unpaired) electrons. The fourth-order valence-corrected chi connectivity index (χ4v) is 6.01. The van der Waals surface area contributed by atoms with E-state index in [1.807, 2.05) is 61.5 Å². The van der Waals surface area contributed by atoms with Crippen molar-refractivity contribution in [3.63, 3.8) is 0 Å². The monoisotopic (exact) mass is 507 g/mol. The average Bonchev–Trinajstić information content (AvgIpc) is 2.98. The summed E-state index contributed by atoms with van der Waals surface area (Å²) >= 11 is -1.37. The second-order valence-electron chi connectivity index (χ2n) is 9.58. The number of benzene rings is 2. The molecule has 1 spiro atoms. The molecule has 3 aromatic rings. The highest BCUT2D eigenvalue weighted by Crippen LogP contribution is 2.38. The number of anilines is 2. The number of nitrogens with zero attached hydrogens (tertiary/aromatic N) is 3. The molecule has 1 fully saturated rings. The van der Waals surface area contributed by atoms with Gasteiger partial charge in [0.25, 0.3) is 0 Å². The number of aromatic nitrogens is 1. The molecule has 1 aromatic heterocycles. The molecule has 0 aliphatic carbocycles. The number of rotatable bonds is 6. The summed E-state index contributed by atoms with van der Waals surface area (Å²) in [4.78, 5) is 5.68. The van der Waals surface area contributed by atoms with E-state index in [1.165, 1.54) is 0 Å². The third kappa shape index (κ3) is 4.65. The van der Waals surface area contributed by atoms with Crippen molar-refractivity contribution in [3.8, 4) is 5.75 Å². The van der Waals surface area contributed by atoms with Crippen LogP contribution in [-0.4, -0.2) is 45.7 Å². The van der Waals surface area contributed by atoms with Crippen molar-refractivity contribution in [2.24, 2.45) is 5.84 Å². The zero-order valence-corrected chi connectivity index (χ0v) is 21.8. The SMILES string of the molecule is CCN(N)c1ccc(Cc2ccc(C)c(CN3CC4(COC4)Oc4ccccc4[S+]3[O-])n2)c(C)c1N. The lowest BCUT2D eigenvalue weighted by atomic mass is 10.00. The van der Waals surface area contributed by atoms with Gasteiger partial charge in [-0.05, 0) is 61.7 Å². The number of nitrogens with two attached hydrogens (primary N) is 2. The molecule has 0 bridgehead atoms. The topological polar surface area (TPSA) is 113 Å². The maximum Gasteiger partial charge on any atom is 0.215 e. The predicted molar refractivity (Wildman–Crippen MR) is 142 cm³/mol. The van der Waals surface area contributed by atoms with Crippen molar-refractivity contribution in [1.82, 2.24) is 9.29 Å². The summed E-state index contributed by atoms with van der Waals surface area (Å²) in [5, 5.41) is 1.65. The maximum absolute atomic E-state index is 13.6. The highest BCUT2D eigenvalue weighted by Gasteiger charge is 2.49. The Kier molecular flexibility index (Phi) is 6.84. The van der Waals surface area contributed by atoms with Gasteiger partial charge in [-0.1, -0.05) is 24.3 Å². The van der Waals surface area contributed by atoms with Gasteiger partial charge in [-0.25, -0.2) is 5.84 Å². The Morgan fingerprint density at radius 2 is 1.92 bits per heavy atom. The van der Waals surface area contributed by atoms with E-state index in [4.69, 9.17) is 26.0 Å². The fourth-order valence-electron chi connectivity index (χ4n) is 4.67. The average molecular weight is 508 g/mol. The van der Waals surface area contributed by atoms with Crippen molar-refractivity contribution < 1.29 is 14.0 Å². The van der Waals surface area contributed by atoms with Crippen LogP contribution in [0.2, 0.25) is 0 Å². The number of nitrogen functional groups attached to an aromatic ring is 1. The van der Waals surface area contributed by atoms with Gasteiger partial charge >= 0.3 is 0 Å². The van der Waals surface area contributed by atoms with Crippen LogP contribution in [0.15, 0.2) is 53.4 Å². The zero-order valence-electron chi connectivity index (χ0n) is 21.0. The van der Waals surface area contributed by atoms with Gasteiger partial charge in [0, 0.05) is 18.7 Å². The minimum absolute atomic E-state index is 0.449. The first kappa shape index (κ1) is 24.9. The van der Waals surface area contributed by atoms with Crippen molar-refractivity contribution in [3.05, 3.63) is 76.6 Å². The van der Waals surface area contributed by atoms with E-state index in [0.717, 1.165) is 33.8 Å². The molecule has 2 aromatic carbocycles. The van der Waals surface area contributed by atoms with E-state index < -0.39 is 17.0 Å². The Morgan fingerprint density at radius 1 is 1.14 bits per heavy atom. The number of ether oxygens (including phenoxy) is 2. The smallest absolute Gasteiger partial charge is 0.215 e. The van der Waals surface area contributed by atoms with Gasteiger partial charge in [0.2, 0.25) is 4.90 Å². The predicted octanol–water partition coefficient (Wildman–Crippen LogP) is 3.26. The van der Waals surface area contributed by atoms with Crippen LogP contribution in [0.25, 0.3) is 0 Å². The second-order valence-corrected chi connectivity index (χ2v) is 11.0. The molecule has 2 aliphatic heterocycles. The number of hydrazine groups is 1. The molecule has 0 saturated carbocycles. The molecular weight excluding hydrogens is 474 g/mol. The van der Waals surface area contributed by atoms with Crippen LogP contribution in [0.3, 0.4) is 0 Å². The van der Waals surface area contributed by atoms with Crippen LogP contribution < -0.4 is 21.3 Å². The lowest BCUT2D eigenvalue weighted by Crippen LogP contribution is -2.60. The number of pyridine rings is 1. The summed E-state index contributed by atoms with van der Waals surface area (Å²) in [6.07, 6.45) is 0.646. The van der Waals surface area contributed by atoms with Crippen LogP contribution in [0.4, 0.5) is 11.4 Å². The molecule has 2 aliphatic rings. The van der Waals surface area contributed by atoms with Crippen molar-refractivity contribution >= 4 is 22.7 Å². The van der Waals surface area contributed by atoms with E-state index in [-0.39, 0.29) is 0 Å². The molecule has 3 heterocycles. The maximum atomic E-state index is 13.6. The minimum atomic E-state index is -1.37. The molecule has 5 rings (SSSR count). The quantitative estimate of drug-likeness (QED) is 0.226. The summed E-state index contributed by atoms with van der Waals surface area (Å²) in [7, 11) is 0. The van der Waals surface area contributed by atoms with E-state index in [2.05, 4.69) is 12.1 Å². The van der Waals surface area contributed by atoms with Gasteiger partial charge in [-0.2, -0.15) is 0 Å².